The molecule has 2 N–H and O–H groups in total. The van der Waals surface area contributed by atoms with E-state index in [4.69, 9.17) is 0 Å². The minimum Gasteiger partial charge on any atom is -0.304 e. The summed E-state index contributed by atoms with van der Waals surface area (Å²) in [7, 11) is 0. The molecule has 0 radical (unpaired) electrons. The molecule has 21 heavy (non-hydrogen) atoms. The Morgan fingerprint density at radius 2 is 2.10 bits per heavy atom. The quantitative estimate of drug-likeness (QED) is 0.885. The largest absolute Gasteiger partial charge is 0.304 e. The van der Waals surface area contributed by atoms with Crippen LogP contribution in [0.25, 0.3) is 0 Å². The lowest BCUT2D eigenvalue weighted by Crippen LogP contribution is -2.11. The number of hydrogen-bond donors (Lipinski definition) is 2. The van der Waals surface area contributed by atoms with Crippen molar-refractivity contribution in [2.75, 3.05) is 5.32 Å². The van der Waals surface area contributed by atoms with Gasteiger partial charge in [0.05, 0.1) is 4.88 Å². The number of carbonyl (C=O) groups excluding carboxylic acids is 1. The van der Waals surface area contributed by atoms with E-state index in [1.54, 1.807) is 11.3 Å². The summed E-state index contributed by atoms with van der Waals surface area (Å²) in [6.45, 7) is 10.5. The van der Waals surface area contributed by atoms with Crippen molar-refractivity contribution in [2.45, 2.75) is 52.9 Å². The molecule has 2 aromatic rings. The minimum absolute atomic E-state index is 0.0101. The first-order chi connectivity index (χ1) is 9.81. The highest BCUT2D eigenvalue weighted by atomic mass is 32.1. The fraction of sp³-hybridized carbons (Fsp3) is 0.500. The van der Waals surface area contributed by atoms with Crippen molar-refractivity contribution in [1.29, 1.82) is 0 Å². The van der Waals surface area contributed by atoms with Crippen LogP contribution < -0.4 is 5.32 Å². The van der Waals surface area contributed by atoms with Gasteiger partial charge in [0.25, 0.3) is 5.91 Å². The number of nitrogens with one attached hydrogen (secondary N) is 2. The van der Waals surface area contributed by atoms with Gasteiger partial charge in [-0.2, -0.15) is 5.10 Å². The highest BCUT2D eigenvalue weighted by Crippen LogP contribution is 2.25. The van der Waals surface area contributed by atoms with E-state index in [0.29, 0.717) is 5.82 Å². The van der Waals surface area contributed by atoms with Crippen molar-refractivity contribution in [3.63, 3.8) is 0 Å². The van der Waals surface area contributed by atoms with Crippen molar-refractivity contribution in [3.05, 3.63) is 33.1 Å². The average Bonchev–Trinajstić information content (AvgIpc) is 2.97. The number of H-pyrrole nitrogens is 1. The third-order valence-corrected chi connectivity index (χ3v) is 4.48. The Kier molecular flexibility index (Phi) is 4.52. The zero-order valence-electron chi connectivity index (χ0n) is 13.3. The van der Waals surface area contributed by atoms with E-state index in [0.717, 1.165) is 23.4 Å². The molecule has 4 nitrogen and oxygen atoms in total. The number of aryl methyl sites for hydroxylation is 2. The molecular weight excluding hydrogens is 282 g/mol. The zero-order chi connectivity index (χ0) is 15.6. The molecule has 2 heterocycles. The van der Waals surface area contributed by atoms with Crippen LogP contribution >= 0.6 is 11.3 Å². The summed E-state index contributed by atoms with van der Waals surface area (Å²) in [6.07, 6.45) is 2.11. The number of hydrogen-bond acceptors (Lipinski definition) is 3. The van der Waals surface area contributed by atoms with Gasteiger partial charge in [-0.1, -0.05) is 34.1 Å². The predicted molar refractivity (Wildman–Crippen MR) is 88.3 cm³/mol. The molecule has 2 aromatic heterocycles. The van der Waals surface area contributed by atoms with Gasteiger partial charge in [0.15, 0.2) is 5.82 Å². The molecule has 1 amide bonds. The number of thiophene rings is 1. The first-order valence-electron chi connectivity index (χ1n) is 7.27. The Bertz CT molecular complexity index is 634. The standard InChI is InChI=1S/C16H23N3OS/c1-6-7-11-8-12(21-10(11)2)15(20)17-14-9-13(18-19-14)16(3,4)5/h8-9H,6-7H2,1-5H3,(H2,17,18,19,20). The number of aromatic nitrogens is 2. The van der Waals surface area contributed by atoms with E-state index in [1.807, 2.05) is 12.1 Å². The van der Waals surface area contributed by atoms with E-state index >= 15 is 0 Å². The van der Waals surface area contributed by atoms with E-state index < -0.39 is 0 Å². The van der Waals surface area contributed by atoms with E-state index in [2.05, 4.69) is 50.1 Å². The van der Waals surface area contributed by atoms with E-state index in [-0.39, 0.29) is 11.3 Å². The van der Waals surface area contributed by atoms with Crippen LogP contribution in [-0.4, -0.2) is 16.1 Å². The number of rotatable bonds is 4. The molecule has 0 bridgehead atoms. The molecule has 0 fully saturated rings. The number of nitrogens with zero attached hydrogens (tertiary/aromatic N) is 1. The summed E-state index contributed by atoms with van der Waals surface area (Å²) in [5, 5.41) is 10.0. The van der Waals surface area contributed by atoms with Crippen LogP contribution in [0.15, 0.2) is 12.1 Å². The van der Waals surface area contributed by atoms with Crippen LogP contribution in [0, 0.1) is 6.92 Å². The van der Waals surface area contributed by atoms with E-state index in [1.165, 1.54) is 10.4 Å². The van der Waals surface area contributed by atoms with Crippen molar-refractivity contribution >= 4 is 23.1 Å². The minimum atomic E-state index is -0.0857. The zero-order valence-corrected chi connectivity index (χ0v) is 14.1. The first kappa shape index (κ1) is 15.8. The molecule has 0 aliphatic carbocycles. The Morgan fingerprint density at radius 3 is 2.67 bits per heavy atom. The van der Waals surface area contributed by atoms with Gasteiger partial charge >= 0.3 is 0 Å². The molecule has 0 aliphatic heterocycles. The predicted octanol–water partition coefficient (Wildman–Crippen LogP) is 4.28. The summed E-state index contributed by atoms with van der Waals surface area (Å²) in [6, 6.07) is 3.89. The second-order valence-electron chi connectivity index (χ2n) is 6.31. The summed E-state index contributed by atoms with van der Waals surface area (Å²) in [5.74, 6) is 0.491. The number of anilines is 1. The lowest BCUT2D eigenvalue weighted by Gasteiger charge is -2.14. The molecule has 114 valence electrons. The van der Waals surface area contributed by atoms with Crippen LogP contribution in [0.4, 0.5) is 5.82 Å². The Hall–Kier alpha value is -1.62. The van der Waals surface area contributed by atoms with Crippen LogP contribution in [-0.2, 0) is 11.8 Å². The van der Waals surface area contributed by atoms with Gasteiger partial charge in [0.1, 0.15) is 0 Å². The second kappa shape index (κ2) is 6.02. The highest BCUT2D eigenvalue weighted by molar-refractivity contribution is 7.14. The summed E-state index contributed by atoms with van der Waals surface area (Å²) < 4.78 is 0. The molecule has 5 heteroatoms. The maximum atomic E-state index is 12.3. The molecular formula is C16H23N3OS. The summed E-state index contributed by atoms with van der Waals surface area (Å²) in [5.41, 5.74) is 2.26. The van der Waals surface area contributed by atoms with Crippen molar-refractivity contribution in [2.24, 2.45) is 0 Å². The molecule has 0 saturated carbocycles. The van der Waals surface area contributed by atoms with E-state index in [9.17, 15) is 4.79 Å². The van der Waals surface area contributed by atoms with Crippen molar-refractivity contribution in [3.8, 4) is 0 Å². The molecule has 0 aliphatic rings. The molecule has 0 atom stereocenters. The van der Waals surface area contributed by atoms with Crippen molar-refractivity contribution in [1.82, 2.24) is 10.2 Å². The van der Waals surface area contributed by atoms with Gasteiger partial charge in [0, 0.05) is 22.1 Å². The van der Waals surface area contributed by atoms with Gasteiger partial charge in [-0.25, -0.2) is 0 Å². The monoisotopic (exact) mass is 305 g/mol. The Morgan fingerprint density at radius 1 is 1.38 bits per heavy atom. The number of aromatic amines is 1. The van der Waals surface area contributed by atoms with Gasteiger partial charge in [-0.3, -0.25) is 9.89 Å². The smallest absolute Gasteiger partial charge is 0.266 e. The summed E-state index contributed by atoms with van der Waals surface area (Å²) >= 11 is 1.54. The topological polar surface area (TPSA) is 57.8 Å². The Labute approximate surface area is 130 Å². The van der Waals surface area contributed by atoms with Crippen molar-refractivity contribution < 1.29 is 4.79 Å². The highest BCUT2D eigenvalue weighted by Gasteiger charge is 2.18. The SMILES string of the molecule is CCCc1cc(C(=O)Nc2cc(C(C)(C)C)[nH]n2)sc1C. The number of amides is 1. The molecule has 2 rings (SSSR count). The van der Waals surface area contributed by atoms with Gasteiger partial charge < -0.3 is 5.32 Å². The average molecular weight is 305 g/mol. The van der Waals surface area contributed by atoms with Gasteiger partial charge in [0.2, 0.25) is 0 Å². The molecule has 0 spiro atoms. The fourth-order valence-corrected chi connectivity index (χ4v) is 3.06. The van der Waals surface area contributed by atoms with Gasteiger partial charge in [-0.05, 0) is 25.0 Å². The van der Waals surface area contributed by atoms with Crippen LogP contribution in [0.3, 0.4) is 0 Å². The van der Waals surface area contributed by atoms with Crippen LogP contribution in [0.1, 0.15) is 59.9 Å². The number of carbonyl (C=O) groups is 1. The second-order valence-corrected chi connectivity index (χ2v) is 7.57. The molecule has 0 saturated heterocycles. The molecule has 0 aromatic carbocycles. The van der Waals surface area contributed by atoms with Crippen LogP contribution in [0.2, 0.25) is 0 Å². The van der Waals surface area contributed by atoms with Gasteiger partial charge in [-0.15, -0.1) is 11.3 Å². The fourth-order valence-electron chi connectivity index (χ4n) is 2.10. The lowest BCUT2D eigenvalue weighted by molar-refractivity contribution is 0.103. The Balaban J connectivity index is 2.11. The lowest BCUT2D eigenvalue weighted by atomic mass is 9.92. The third kappa shape index (κ3) is 3.73. The summed E-state index contributed by atoms with van der Waals surface area (Å²) in [4.78, 5) is 14.3. The van der Waals surface area contributed by atoms with Crippen LogP contribution in [0.5, 0.6) is 0 Å². The molecule has 0 unspecified atom stereocenters. The maximum absolute atomic E-state index is 12.3. The normalized spacial score (nSPS) is 11.7. The third-order valence-electron chi connectivity index (χ3n) is 3.39. The first-order valence-corrected chi connectivity index (χ1v) is 8.09. The maximum Gasteiger partial charge on any atom is 0.266 e.